The predicted molar refractivity (Wildman–Crippen MR) is 60.1 cm³/mol. The summed E-state index contributed by atoms with van der Waals surface area (Å²) in [6, 6.07) is 3.04. The number of carbonyl (C=O) groups is 1. The fourth-order valence-corrected chi connectivity index (χ4v) is 1.77. The van der Waals surface area contributed by atoms with Crippen molar-refractivity contribution in [2.75, 3.05) is 6.61 Å². The lowest BCUT2D eigenvalue weighted by Crippen LogP contribution is -2.05. The molecule has 0 amide bonds. The lowest BCUT2D eigenvalue weighted by molar-refractivity contribution is 0.0526. The summed E-state index contributed by atoms with van der Waals surface area (Å²) in [6.07, 6.45) is 0. The molecule has 14 heavy (non-hydrogen) atoms. The molecule has 1 aromatic rings. The van der Waals surface area contributed by atoms with Crippen LogP contribution < -0.4 is 0 Å². The molecule has 2 nitrogen and oxygen atoms in total. The Morgan fingerprint density at radius 2 is 2.07 bits per heavy atom. The van der Waals surface area contributed by atoms with Crippen molar-refractivity contribution in [3.8, 4) is 0 Å². The van der Waals surface area contributed by atoms with Crippen molar-refractivity contribution in [3.63, 3.8) is 0 Å². The number of halogens is 3. The topological polar surface area (TPSA) is 26.3 Å². The fourth-order valence-electron chi connectivity index (χ4n) is 0.888. The van der Waals surface area contributed by atoms with Crippen molar-refractivity contribution in [2.45, 2.75) is 6.92 Å². The van der Waals surface area contributed by atoms with Crippen LogP contribution >= 0.6 is 39.1 Å². The van der Waals surface area contributed by atoms with Crippen LogP contribution in [0, 0.1) is 0 Å². The number of ether oxygens (including phenoxy) is 1. The van der Waals surface area contributed by atoms with E-state index >= 15 is 0 Å². The van der Waals surface area contributed by atoms with Gasteiger partial charge < -0.3 is 4.74 Å². The van der Waals surface area contributed by atoms with E-state index in [2.05, 4.69) is 15.9 Å². The first-order chi connectivity index (χ1) is 6.56. The van der Waals surface area contributed by atoms with Crippen molar-refractivity contribution < 1.29 is 9.53 Å². The van der Waals surface area contributed by atoms with E-state index in [9.17, 15) is 4.79 Å². The Morgan fingerprint density at radius 1 is 1.43 bits per heavy atom. The van der Waals surface area contributed by atoms with Crippen LogP contribution in [0.2, 0.25) is 10.0 Å². The van der Waals surface area contributed by atoms with Crippen LogP contribution in [-0.2, 0) is 4.74 Å². The van der Waals surface area contributed by atoms with Crippen molar-refractivity contribution >= 4 is 45.1 Å². The highest BCUT2D eigenvalue weighted by Crippen LogP contribution is 2.29. The summed E-state index contributed by atoms with van der Waals surface area (Å²) in [5, 5.41) is 0.747. The molecule has 0 fully saturated rings. The van der Waals surface area contributed by atoms with Crippen LogP contribution in [0.15, 0.2) is 16.6 Å². The van der Waals surface area contributed by atoms with Gasteiger partial charge in [0, 0.05) is 4.47 Å². The van der Waals surface area contributed by atoms with E-state index in [0.29, 0.717) is 21.1 Å². The third-order valence-electron chi connectivity index (χ3n) is 1.51. The van der Waals surface area contributed by atoms with E-state index in [1.807, 2.05) is 0 Å². The summed E-state index contributed by atoms with van der Waals surface area (Å²) in [4.78, 5) is 11.3. The number of rotatable bonds is 2. The lowest BCUT2D eigenvalue weighted by Gasteiger charge is -2.05. The minimum absolute atomic E-state index is 0.279. The van der Waals surface area contributed by atoms with Gasteiger partial charge in [-0.15, -0.1) is 0 Å². The molecule has 0 radical (unpaired) electrons. The van der Waals surface area contributed by atoms with Crippen molar-refractivity contribution in [3.05, 3.63) is 32.2 Å². The maximum absolute atomic E-state index is 11.3. The molecule has 0 aliphatic carbocycles. The summed E-state index contributed by atoms with van der Waals surface area (Å²) in [5.41, 5.74) is 0.279. The third kappa shape index (κ3) is 2.62. The van der Waals surface area contributed by atoms with Crippen LogP contribution in [0.3, 0.4) is 0 Å². The zero-order valence-corrected chi connectivity index (χ0v) is 10.4. The summed E-state index contributed by atoms with van der Waals surface area (Å²) in [6.45, 7) is 2.04. The summed E-state index contributed by atoms with van der Waals surface area (Å²) in [5.74, 6) is -0.466. The number of hydrogen-bond donors (Lipinski definition) is 0. The number of benzene rings is 1. The van der Waals surface area contributed by atoms with E-state index in [-0.39, 0.29) is 5.56 Å². The van der Waals surface area contributed by atoms with Gasteiger partial charge in [0.15, 0.2) is 0 Å². The second-order valence-corrected chi connectivity index (χ2v) is 4.14. The molecule has 0 saturated carbocycles. The quantitative estimate of drug-likeness (QED) is 0.611. The summed E-state index contributed by atoms with van der Waals surface area (Å²) < 4.78 is 5.46. The molecule has 0 atom stereocenters. The number of esters is 1. The third-order valence-corrected chi connectivity index (χ3v) is 3.02. The van der Waals surface area contributed by atoms with Crippen molar-refractivity contribution in [2.24, 2.45) is 0 Å². The zero-order chi connectivity index (χ0) is 10.7. The highest BCUT2D eigenvalue weighted by molar-refractivity contribution is 9.10. The van der Waals surface area contributed by atoms with Crippen LogP contribution in [0.1, 0.15) is 17.3 Å². The zero-order valence-electron chi connectivity index (χ0n) is 7.31. The van der Waals surface area contributed by atoms with E-state index in [0.717, 1.165) is 0 Å². The van der Waals surface area contributed by atoms with Crippen LogP contribution in [0.25, 0.3) is 0 Å². The second kappa shape index (κ2) is 5.01. The van der Waals surface area contributed by atoms with E-state index in [1.54, 1.807) is 13.0 Å². The molecule has 0 aliphatic heterocycles. The minimum atomic E-state index is -0.466. The Morgan fingerprint density at radius 3 is 2.64 bits per heavy atom. The number of carbonyl (C=O) groups excluding carboxylic acids is 1. The molecule has 0 aromatic heterocycles. The molecule has 1 aromatic carbocycles. The van der Waals surface area contributed by atoms with Crippen LogP contribution in [0.5, 0.6) is 0 Å². The number of hydrogen-bond acceptors (Lipinski definition) is 2. The van der Waals surface area contributed by atoms with Gasteiger partial charge in [0.05, 0.1) is 22.2 Å². The molecule has 0 unspecified atom stereocenters. The molecule has 0 bridgehead atoms. The van der Waals surface area contributed by atoms with Gasteiger partial charge in [-0.3, -0.25) is 0 Å². The van der Waals surface area contributed by atoms with Gasteiger partial charge in [-0.25, -0.2) is 4.79 Å². The molecule has 0 heterocycles. The Hall–Kier alpha value is -0.250. The normalized spacial score (nSPS) is 10.0. The smallest absolute Gasteiger partial charge is 0.339 e. The van der Waals surface area contributed by atoms with Crippen LogP contribution in [0.4, 0.5) is 0 Å². The predicted octanol–water partition coefficient (Wildman–Crippen LogP) is 3.93. The van der Waals surface area contributed by atoms with Gasteiger partial charge in [-0.05, 0) is 35.0 Å². The highest BCUT2D eigenvalue weighted by atomic mass is 79.9. The molecular formula is C9H7BrCl2O2. The largest absolute Gasteiger partial charge is 0.462 e. The Labute approximate surface area is 100 Å². The van der Waals surface area contributed by atoms with Gasteiger partial charge in [-0.1, -0.05) is 23.2 Å². The average Bonchev–Trinajstić information content (AvgIpc) is 2.11. The monoisotopic (exact) mass is 296 g/mol. The molecule has 0 aliphatic rings. The Kier molecular flexibility index (Phi) is 4.23. The lowest BCUT2D eigenvalue weighted by atomic mass is 10.2. The molecule has 0 N–H and O–H groups in total. The molecular weight excluding hydrogens is 291 g/mol. The fraction of sp³-hybridized carbons (Fsp3) is 0.222. The Balaban J connectivity index is 3.09. The van der Waals surface area contributed by atoms with Gasteiger partial charge in [0.25, 0.3) is 0 Å². The molecule has 5 heteroatoms. The van der Waals surface area contributed by atoms with Crippen LogP contribution in [-0.4, -0.2) is 12.6 Å². The minimum Gasteiger partial charge on any atom is -0.462 e. The molecule has 0 saturated heterocycles. The maximum atomic E-state index is 11.3. The first kappa shape index (κ1) is 11.8. The summed E-state index contributed by atoms with van der Waals surface area (Å²) in [7, 11) is 0. The second-order valence-electron chi connectivity index (χ2n) is 2.47. The molecule has 0 spiro atoms. The highest BCUT2D eigenvalue weighted by Gasteiger charge is 2.13. The average molecular weight is 298 g/mol. The standard InChI is InChI=1S/C9H7BrCl2O2/c1-2-14-9(13)5-3-8(12)6(10)4-7(5)11/h3-4H,2H2,1H3. The SMILES string of the molecule is CCOC(=O)c1cc(Cl)c(Br)cc1Cl. The van der Waals surface area contributed by atoms with Gasteiger partial charge in [0.1, 0.15) is 0 Å². The summed E-state index contributed by atoms with van der Waals surface area (Å²) >= 11 is 14.9. The maximum Gasteiger partial charge on any atom is 0.339 e. The molecule has 76 valence electrons. The first-order valence-electron chi connectivity index (χ1n) is 3.88. The Bertz CT molecular complexity index is 366. The first-order valence-corrected chi connectivity index (χ1v) is 5.42. The van der Waals surface area contributed by atoms with E-state index in [4.69, 9.17) is 27.9 Å². The van der Waals surface area contributed by atoms with Crippen molar-refractivity contribution in [1.29, 1.82) is 0 Å². The van der Waals surface area contributed by atoms with E-state index in [1.165, 1.54) is 6.07 Å². The molecule has 1 rings (SSSR count). The van der Waals surface area contributed by atoms with Gasteiger partial charge in [-0.2, -0.15) is 0 Å². The van der Waals surface area contributed by atoms with Gasteiger partial charge >= 0.3 is 5.97 Å². The van der Waals surface area contributed by atoms with Gasteiger partial charge in [0.2, 0.25) is 0 Å². The van der Waals surface area contributed by atoms with Crippen molar-refractivity contribution in [1.82, 2.24) is 0 Å². The van der Waals surface area contributed by atoms with E-state index < -0.39 is 5.97 Å².